The summed E-state index contributed by atoms with van der Waals surface area (Å²) in [5.41, 5.74) is -0.610. The van der Waals surface area contributed by atoms with Gasteiger partial charge in [0.1, 0.15) is 11.2 Å². The van der Waals surface area contributed by atoms with Crippen LogP contribution in [0.3, 0.4) is 0 Å². The molecule has 9 heteroatoms. The van der Waals surface area contributed by atoms with Gasteiger partial charge >= 0.3 is 0 Å². The monoisotopic (exact) mass is 391 g/mol. The molecule has 0 amide bonds. The molecule has 0 bridgehead atoms. The van der Waals surface area contributed by atoms with Crippen LogP contribution in [-0.2, 0) is 0 Å². The first-order valence-corrected chi connectivity index (χ1v) is 8.21. The number of benzene rings is 2. The summed E-state index contributed by atoms with van der Waals surface area (Å²) in [6.07, 6.45) is 0. The molecule has 0 aliphatic carbocycles. The summed E-state index contributed by atoms with van der Waals surface area (Å²) in [5.74, 6) is -1.18. The van der Waals surface area contributed by atoms with Crippen molar-refractivity contribution in [2.24, 2.45) is 0 Å². The van der Waals surface area contributed by atoms with E-state index < -0.39 is 16.4 Å². The molecule has 2 aromatic carbocycles. The Kier molecular flexibility index (Phi) is 4.76. The van der Waals surface area contributed by atoms with E-state index >= 15 is 0 Å². The predicted molar refractivity (Wildman–Crippen MR) is 98.2 cm³/mol. The second-order valence-corrected chi connectivity index (χ2v) is 6.49. The first-order chi connectivity index (χ1) is 12.3. The van der Waals surface area contributed by atoms with E-state index in [0.717, 1.165) is 6.07 Å². The molecule has 1 aromatic heterocycles. The van der Waals surface area contributed by atoms with Crippen LogP contribution in [0.15, 0.2) is 41.2 Å². The number of ketones is 1. The number of hydrogen-bond donors (Lipinski definition) is 1. The third-order valence-electron chi connectivity index (χ3n) is 3.90. The van der Waals surface area contributed by atoms with Crippen LogP contribution in [0.25, 0.3) is 11.0 Å². The maximum absolute atomic E-state index is 12.6. The van der Waals surface area contributed by atoms with E-state index in [-0.39, 0.29) is 33.2 Å². The summed E-state index contributed by atoms with van der Waals surface area (Å²) in [5, 5.41) is 11.7. The van der Waals surface area contributed by atoms with Gasteiger partial charge < -0.3 is 4.98 Å². The fourth-order valence-electron chi connectivity index (χ4n) is 2.58. The van der Waals surface area contributed by atoms with Crippen LogP contribution in [-0.4, -0.2) is 20.7 Å². The lowest BCUT2D eigenvalue weighted by Gasteiger charge is -2.10. The second-order valence-electron chi connectivity index (χ2n) is 5.62. The average Bonchev–Trinajstić information content (AvgIpc) is 2.60. The number of nitro benzene ring substituents is 1. The summed E-state index contributed by atoms with van der Waals surface area (Å²) in [4.78, 5) is 42.1. The molecule has 0 saturated carbocycles. The highest BCUT2D eigenvalue weighted by Crippen LogP contribution is 2.27. The summed E-state index contributed by atoms with van der Waals surface area (Å²) in [7, 11) is 0. The Labute approximate surface area is 156 Å². The van der Waals surface area contributed by atoms with E-state index in [2.05, 4.69) is 9.97 Å². The number of non-ortho nitro benzene ring substituents is 1. The minimum atomic E-state index is -0.859. The quantitative estimate of drug-likeness (QED) is 0.408. The van der Waals surface area contributed by atoms with Gasteiger partial charge in [-0.3, -0.25) is 19.7 Å². The molecule has 3 rings (SSSR count). The lowest BCUT2D eigenvalue weighted by molar-refractivity contribution is -0.383. The molecule has 1 atom stereocenters. The number of Topliss-reactive ketones (excluding diaryl/α,β-unsaturated/α-hetero) is 1. The Balaban J connectivity index is 2.11. The van der Waals surface area contributed by atoms with E-state index in [1.165, 1.54) is 6.07 Å². The van der Waals surface area contributed by atoms with Crippen molar-refractivity contribution in [3.05, 3.63) is 78.2 Å². The van der Waals surface area contributed by atoms with Crippen LogP contribution in [0.1, 0.15) is 28.9 Å². The summed E-state index contributed by atoms with van der Waals surface area (Å²) in [6.45, 7) is 1.54. The number of carbonyl (C=O) groups is 1. The van der Waals surface area contributed by atoms with E-state index in [1.54, 1.807) is 31.2 Å². The van der Waals surface area contributed by atoms with Crippen molar-refractivity contribution in [2.45, 2.75) is 12.8 Å². The van der Waals surface area contributed by atoms with Gasteiger partial charge in [0.2, 0.25) is 0 Å². The number of carbonyl (C=O) groups excluding carboxylic acids is 1. The molecule has 1 N–H and O–H groups in total. The van der Waals surface area contributed by atoms with Crippen molar-refractivity contribution in [1.29, 1.82) is 0 Å². The van der Waals surface area contributed by atoms with E-state index in [0.29, 0.717) is 10.6 Å². The predicted octanol–water partition coefficient (Wildman–Crippen LogP) is 4.12. The van der Waals surface area contributed by atoms with Gasteiger partial charge in [-0.15, -0.1) is 0 Å². The number of nitro groups is 1. The normalized spacial score (nSPS) is 12.1. The van der Waals surface area contributed by atoms with Crippen molar-refractivity contribution in [3.63, 3.8) is 0 Å². The SMILES string of the molecule is C[C@H](C(=O)c1ccc(Cl)cc1)c1nc2cc(Cl)cc([N+](=O)[O-])c2[nH]c1=O. The minimum Gasteiger partial charge on any atom is -0.313 e. The largest absolute Gasteiger partial charge is 0.313 e. The van der Waals surface area contributed by atoms with E-state index in [4.69, 9.17) is 23.2 Å². The number of halogens is 2. The molecule has 0 radical (unpaired) electrons. The molecule has 26 heavy (non-hydrogen) atoms. The molecule has 0 fully saturated rings. The molecule has 1 heterocycles. The molecule has 0 spiro atoms. The fraction of sp³-hybridized carbons (Fsp3) is 0.118. The Morgan fingerprint density at radius 3 is 2.46 bits per heavy atom. The summed E-state index contributed by atoms with van der Waals surface area (Å²) >= 11 is 11.7. The lowest BCUT2D eigenvalue weighted by atomic mass is 9.96. The van der Waals surface area contributed by atoms with Crippen LogP contribution in [0.4, 0.5) is 5.69 Å². The highest BCUT2D eigenvalue weighted by Gasteiger charge is 2.24. The second kappa shape index (κ2) is 6.86. The maximum atomic E-state index is 12.6. The van der Waals surface area contributed by atoms with Crippen molar-refractivity contribution in [1.82, 2.24) is 9.97 Å². The number of nitrogens with one attached hydrogen (secondary N) is 1. The molecule has 0 unspecified atom stereocenters. The maximum Gasteiger partial charge on any atom is 0.296 e. The standard InChI is InChI=1S/C17H11Cl2N3O4/c1-8(16(23)9-2-4-10(18)5-3-9)14-17(24)21-15-12(20-14)6-11(19)7-13(15)22(25)26/h2-8H,1H3,(H,21,24)/t8-/m0/s1. The van der Waals surface area contributed by atoms with Gasteiger partial charge in [0.25, 0.3) is 11.2 Å². The topological polar surface area (TPSA) is 106 Å². The molecular formula is C17H11Cl2N3O4. The smallest absolute Gasteiger partial charge is 0.296 e. The lowest BCUT2D eigenvalue weighted by Crippen LogP contribution is -2.22. The van der Waals surface area contributed by atoms with Crippen molar-refractivity contribution >= 4 is 45.7 Å². The summed E-state index contributed by atoms with van der Waals surface area (Å²) < 4.78 is 0. The van der Waals surface area contributed by atoms with Gasteiger partial charge in [-0.25, -0.2) is 4.98 Å². The number of aromatic nitrogens is 2. The Hall–Kier alpha value is -2.77. The molecule has 132 valence electrons. The Morgan fingerprint density at radius 1 is 1.19 bits per heavy atom. The zero-order chi connectivity index (χ0) is 19.0. The van der Waals surface area contributed by atoms with Crippen LogP contribution in [0, 0.1) is 10.1 Å². The average molecular weight is 392 g/mol. The molecule has 0 aliphatic heterocycles. The highest BCUT2D eigenvalue weighted by atomic mass is 35.5. The van der Waals surface area contributed by atoms with Gasteiger partial charge in [0, 0.05) is 21.7 Å². The van der Waals surface area contributed by atoms with Crippen molar-refractivity contribution in [2.75, 3.05) is 0 Å². The Morgan fingerprint density at radius 2 is 1.85 bits per heavy atom. The van der Waals surface area contributed by atoms with Crippen LogP contribution < -0.4 is 5.56 Å². The third-order valence-corrected chi connectivity index (χ3v) is 4.37. The number of H-pyrrole nitrogens is 1. The third kappa shape index (κ3) is 3.31. The number of rotatable bonds is 4. The van der Waals surface area contributed by atoms with E-state index in [9.17, 15) is 19.7 Å². The number of hydrogen-bond acceptors (Lipinski definition) is 5. The molecule has 0 aliphatic rings. The number of fused-ring (bicyclic) bond motifs is 1. The van der Waals surface area contributed by atoms with E-state index in [1.807, 2.05) is 0 Å². The zero-order valence-corrected chi connectivity index (χ0v) is 14.8. The Bertz CT molecular complexity index is 1090. The van der Waals surface area contributed by atoms with Gasteiger partial charge in [0.15, 0.2) is 5.78 Å². The molecule has 0 saturated heterocycles. The molecule has 3 aromatic rings. The molecular weight excluding hydrogens is 381 g/mol. The minimum absolute atomic E-state index is 0.0423. The zero-order valence-electron chi connectivity index (χ0n) is 13.3. The highest BCUT2D eigenvalue weighted by molar-refractivity contribution is 6.31. The van der Waals surface area contributed by atoms with Crippen LogP contribution in [0.2, 0.25) is 10.0 Å². The van der Waals surface area contributed by atoms with Gasteiger partial charge in [0.05, 0.1) is 16.4 Å². The number of aromatic amines is 1. The number of nitrogens with zero attached hydrogens (tertiary/aromatic N) is 2. The first-order valence-electron chi connectivity index (χ1n) is 7.45. The summed E-state index contributed by atoms with van der Waals surface area (Å²) in [6, 6.07) is 8.77. The van der Waals surface area contributed by atoms with Crippen molar-refractivity contribution < 1.29 is 9.72 Å². The first kappa shape index (κ1) is 18.0. The van der Waals surface area contributed by atoms with Gasteiger partial charge in [-0.05, 0) is 37.3 Å². The van der Waals surface area contributed by atoms with Gasteiger partial charge in [-0.1, -0.05) is 23.2 Å². The van der Waals surface area contributed by atoms with Gasteiger partial charge in [-0.2, -0.15) is 0 Å². The van der Waals surface area contributed by atoms with Crippen molar-refractivity contribution in [3.8, 4) is 0 Å². The van der Waals surface area contributed by atoms with Crippen LogP contribution >= 0.6 is 23.2 Å². The van der Waals surface area contributed by atoms with Crippen LogP contribution in [0.5, 0.6) is 0 Å². The fourth-order valence-corrected chi connectivity index (χ4v) is 2.91. The molecule has 7 nitrogen and oxygen atoms in total.